The van der Waals surface area contributed by atoms with E-state index in [1.165, 1.54) is 0 Å². The van der Waals surface area contributed by atoms with Gasteiger partial charge in [0.1, 0.15) is 5.82 Å². The number of anilines is 1. The number of rotatable bonds is 2. The van der Waals surface area contributed by atoms with E-state index < -0.39 is 0 Å². The van der Waals surface area contributed by atoms with Crippen LogP contribution in [0.4, 0.5) is 10.1 Å². The zero-order valence-corrected chi connectivity index (χ0v) is 10.9. The summed E-state index contributed by atoms with van der Waals surface area (Å²) < 4.78 is 13.8. The first-order chi connectivity index (χ1) is 7.61. The van der Waals surface area contributed by atoms with Gasteiger partial charge in [-0.2, -0.15) is 0 Å². The van der Waals surface area contributed by atoms with Crippen LogP contribution in [0, 0.1) is 18.7 Å². The van der Waals surface area contributed by atoms with Gasteiger partial charge in [0.2, 0.25) is 0 Å². The fraction of sp³-hybridized carbons (Fsp3) is 0.500. The van der Waals surface area contributed by atoms with Crippen molar-refractivity contribution in [3.05, 3.63) is 28.0 Å². The standard InChI is InChI=1S/C12H16BrFN2/c1-8-4-11(14)10(13)5-12(8)16-3-2-9(6-15)7-16/h4-5,9H,2-3,6-7,15H2,1H3. The highest BCUT2D eigenvalue weighted by atomic mass is 79.9. The Morgan fingerprint density at radius 3 is 2.94 bits per heavy atom. The molecule has 2 nitrogen and oxygen atoms in total. The van der Waals surface area contributed by atoms with E-state index in [0.717, 1.165) is 37.3 Å². The quantitative estimate of drug-likeness (QED) is 0.906. The molecule has 2 N–H and O–H groups in total. The van der Waals surface area contributed by atoms with Gasteiger partial charge in [-0.15, -0.1) is 0 Å². The smallest absolute Gasteiger partial charge is 0.137 e. The summed E-state index contributed by atoms with van der Waals surface area (Å²) in [7, 11) is 0. The molecule has 2 rings (SSSR count). The van der Waals surface area contributed by atoms with Crippen LogP contribution in [0.5, 0.6) is 0 Å². The molecule has 88 valence electrons. The van der Waals surface area contributed by atoms with Gasteiger partial charge in [-0.05, 0) is 59.4 Å². The molecule has 0 aliphatic carbocycles. The van der Waals surface area contributed by atoms with Crippen molar-refractivity contribution in [3.63, 3.8) is 0 Å². The summed E-state index contributed by atoms with van der Waals surface area (Å²) in [5, 5.41) is 0. The van der Waals surface area contributed by atoms with E-state index in [9.17, 15) is 4.39 Å². The SMILES string of the molecule is Cc1cc(F)c(Br)cc1N1CCC(CN)C1. The summed E-state index contributed by atoms with van der Waals surface area (Å²) in [6.07, 6.45) is 1.13. The number of hydrogen-bond donors (Lipinski definition) is 1. The molecule has 0 bridgehead atoms. The minimum Gasteiger partial charge on any atom is -0.371 e. The van der Waals surface area contributed by atoms with Gasteiger partial charge in [0.25, 0.3) is 0 Å². The van der Waals surface area contributed by atoms with Gasteiger partial charge in [0.05, 0.1) is 4.47 Å². The number of aryl methyl sites for hydroxylation is 1. The van der Waals surface area contributed by atoms with Crippen LogP contribution in [-0.2, 0) is 0 Å². The zero-order chi connectivity index (χ0) is 11.7. The maximum atomic E-state index is 13.3. The third-order valence-corrected chi connectivity index (χ3v) is 3.81. The monoisotopic (exact) mass is 286 g/mol. The highest BCUT2D eigenvalue weighted by Crippen LogP contribution is 2.30. The van der Waals surface area contributed by atoms with Gasteiger partial charge in [0.15, 0.2) is 0 Å². The Kier molecular flexibility index (Phi) is 3.50. The maximum Gasteiger partial charge on any atom is 0.137 e. The van der Waals surface area contributed by atoms with E-state index in [2.05, 4.69) is 20.8 Å². The van der Waals surface area contributed by atoms with Crippen molar-refractivity contribution < 1.29 is 4.39 Å². The van der Waals surface area contributed by atoms with Gasteiger partial charge >= 0.3 is 0 Å². The van der Waals surface area contributed by atoms with Crippen molar-refractivity contribution in [2.75, 3.05) is 24.5 Å². The second-order valence-corrected chi connectivity index (χ2v) is 5.24. The predicted octanol–water partition coefficient (Wildman–Crippen LogP) is 2.68. The molecule has 0 aromatic heterocycles. The minimum atomic E-state index is -0.198. The molecule has 1 heterocycles. The Balaban J connectivity index is 2.24. The first-order valence-corrected chi connectivity index (χ1v) is 6.31. The molecule has 0 saturated carbocycles. The molecule has 1 aromatic rings. The van der Waals surface area contributed by atoms with E-state index in [1.54, 1.807) is 6.07 Å². The lowest BCUT2D eigenvalue weighted by atomic mass is 10.1. The van der Waals surface area contributed by atoms with Gasteiger partial charge in [0, 0.05) is 18.8 Å². The fourth-order valence-corrected chi connectivity index (χ4v) is 2.55. The van der Waals surface area contributed by atoms with Crippen LogP contribution in [0.2, 0.25) is 0 Å². The molecule has 1 fully saturated rings. The van der Waals surface area contributed by atoms with Gasteiger partial charge < -0.3 is 10.6 Å². The Bertz CT molecular complexity index is 395. The predicted molar refractivity (Wildman–Crippen MR) is 68.2 cm³/mol. The van der Waals surface area contributed by atoms with Crippen molar-refractivity contribution in [1.82, 2.24) is 0 Å². The van der Waals surface area contributed by atoms with Crippen molar-refractivity contribution in [3.8, 4) is 0 Å². The Morgan fingerprint density at radius 1 is 1.56 bits per heavy atom. The summed E-state index contributed by atoms with van der Waals surface area (Å²) in [4.78, 5) is 2.29. The maximum absolute atomic E-state index is 13.3. The van der Waals surface area contributed by atoms with Crippen LogP contribution in [0.25, 0.3) is 0 Å². The number of nitrogens with two attached hydrogens (primary N) is 1. The van der Waals surface area contributed by atoms with Crippen LogP contribution in [0.1, 0.15) is 12.0 Å². The zero-order valence-electron chi connectivity index (χ0n) is 9.34. The molecule has 1 unspecified atom stereocenters. The minimum absolute atomic E-state index is 0.198. The van der Waals surface area contributed by atoms with Crippen LogP contribution < -0.4 is 10.6 Å². The fourth-order valence-electron chi connectivity index (χ4n) is 2.22. The summed E-state index contributed by atoms with van der Waals surface area (Å²) >= 11 is 3.23. The Morgan fingerprint density at radius 2 is 2.31 bits per heavy atom. The molecule has 0 spiro atoms. The first kappa shape index (κ1) is 11.9. The van der Waals surface area contributed by atoms with Crippen molar-refractivity contribution in [2.45, 2.75) is 13.3 Å². The second kappa shape index (κ2) is 4.72. The lowest BCUT2D eigenvalue weighted by Crippen LogP contribution is -2.23. The van der Waals surface area contributed by atoms with E-state index in [-0.39, 0.29) is 5.82 Å². The van der Waals surface area contributed by atoms with Crippen LogP contribution >= 0.6 is 15.9 Å². The van der Waals surface area contributed by atoms with Crippen molar-refractivity contribution >= 4 is 21.6 Å². The Hall–Kier alpha value is -0.610. The molecule has 4 heteroatoms. The number of benzene rings is 1. The van der Waals surface area contributed by atoms with Crippen LogP contribution in [0.15, 0.2) is 16.6 Å². The normalized spacial score (nSPS) is 20.5. The highest BCUT2D eigenvalue weighted by molar-refractivity contribution is 9.10. The third kappa shape index (κ3) is 2.23. The number of halogens is 2. The van der Waals surface area contributed by atoms with Crippen molar-refractivity contribution in [1.29, 1.82) is 0 Å². The molecule has 1 saturated heterocycles. The number of hydrogen-bond acceptors (Lipinski definition) is 2. The topological polar surface area (TPSA) is 29.3 Å². The summed E-state index contributed by atoms with van der Waals surface area (Å²) in [5.41, 5.74) is 7.77. The lowest BCUT2D eigenvalue weighted by Gasteiger charge is -2.21. The molecule has 16 heavy (non-hydrogen) atoms. The molecule has 1 aromatic carbocycles. The van der Waals surface area contributed by atoms with Crippen LogP contribution in [-0.4, -0.2) is 19.6 Å². The number of nitrogens with zero attached hydrogens (tertiary/aromatic N) is 1. The average Bonchev–Trinajstić information content (AvgIpc) is 2.71. The van der Waals surface area contributed by atoms with E-state index >= 15 is 0 Å². The largest absolute Gasteiger partial charge is 0.371 e. The molecule has 0 amide bonds. The van der Waals surface area contributed by atoms with E-state index in [0.29, 0.717) is 10.4 Å². The summed E-state index contributed by atoms with van der Waals surface area (Å²) in [6.45, 7) is 4.68. The molecule has 0 radical (unpaired) electrons. The Labute approximate surface area is 104 Å². The van der Waals surface area contributed by atoms with Crippen LogP contribution in [0.3, 0.4) is 0 Å². The molecular weight excluding hydrogens is 271 g/mol. The average molecular weight is 287 g/mol. The second-order valence-electron chi connectivity index (χ2n) is 4.39. The summed E-state index contributed by atoms with van der Waals surface area (Å²) in [6, 6.07) is 3.44. The molecular formula is C12H16BrFN2. The van der Waals surface area contributed by atoms with E-state index in [1.807, 2.05) is 13.0 Å². The van der Waals surface area contributed by atoms with Gasteiger partial charge in [-0.25, -0.2) is 4.39 Å². The third-order valence-electron chi connectivity index (χ3n) is 3.20. The highest BCUT2D eigenvalue weighted by Gasteiger charge is 2.23. The lowest BCUT2D eigenvalue weighted by molar-refractivity contribution is 0.602. The van der Waals surface area contributed by atoms with Gasteiger partial charge in [-0.3, -0.25) is 0 Å². The molecule has 1 aliphatic heterocycles. The molecule has 1 atom stereocenters. The van der Waals surface area contributed by atoms with E-state index in [4.69, 9.17) is 5.73 Å². The molecule has 1 aliphatic rings. The van der Waals surface area contributed by atoms with Crippen molar-refractivity contribution in [2.24, 2.45) is 11.7 Å². The van der Waals surface area contributed by atoms with Gasteiger partial charge in [-0.1, -0.05) is 0 Å². The first-order valence-electron chi connectivity index (χ1n) is 5.52. The summed E-state index contributed by atoms with van der Waals surface area (Å²) in [5.74, 6) is 0.374.